The lowest BCUT2D eigenvalue weighted by Gasteiger charge is -2.12. The van der Waals surface area contributed by atoms with Crippen molar-refractivity contribution in [3.8, 4) is 0 Å². The van der Waals surface area contributed by atoms with E-state index in [1.54, 1.807) is 36.6 Å². The van der Waals surface area contributed by atoms with Gasteiger partial charge in [-0.2, -0.15) is 0 Å². The van der Waals surface area contributed by atoms with Gasteiger partial charge >= 0.3 is 5.97 Å². The molecule has 4 aromatic rings. The van der Waals surface area contributed by atoms with Gasteiger partial charge in [0.15, 0.2) is 5.16 Å². The molecule has 2 aromatic heterocycles. The maximum Gasteiger partial charge on any atom is 0.316 e. The molecule has 0 atom stereocenters. The van der Waals surface area contributed by atoms with Crippen LogP contribution >= 0.6 is 11.8 Å². The molecule has 0 bridgehead atoms. The van der Waals surface area contributed by atoms with Crippen molar-refractivity contribution in [1.29, 1.82) is 0 Å². The minimum atomic E-state index is -0.370. The predicted octanol–water partition coefficient (Wildman–Crippen LogP) is 3.87. The number of hydrogen-bond donors (Lipinski definition) is 0. The largest absolute Gasteiger partial charge is 0.467 e. The zero-order valence-corrected chi connectivity index (χ0v) is 16.3. The monoisotopic (exact) mass is 406 g/mol. The number of benzene rings is 2. The number of ether oxygens (including phenoxy) is 1. The van der Waals surface area contributed by atoms with E-state index >= 15 is 0 Å². The number of para-hydroxylation sites is 1. The van der Waals surface area contributed by atoms with Crippen LogP contribution in [0.5, 0.6) is 0 Å². The Morgan fingerprint density at radius 2 is 1.83 bits per heavy atom. The van der Waals surface area contributed by atoms with Gasteiger partial charge in [0.1, 0.15) is 12.4 Å². The molecule has 0 N–H and O–H groups in total. The summed E-state index contributed by atoms with van der Waals surface area (Å²) in [5.74, 6) is 0.318. The normalized spacial score (nSPS) is 10.9. The molecule has 2 heterocycles. The van der Waals surface area contributed by atoms with Gasteiger partial charge in [0.2, 0.25) is 0 Å². The minimum absolute atomic E-state index is 0.0514. The lowest BCUT2D eigenvalue weighted by Crippen LogP contribution is -2.24. The molecule has 0 unspecified atom stereocenters. The molecule has 6 nitrogen and oxygen atoms in total. The molecule has 0 aliphatic carbocycles. The Balaban J connectivity index is 1.53. The van der Waals surface area contributed by atoms with E-state index in [0.29, 0.717) is 21.8 Å². The van der Waals surface area contributed by atoms with Crippen LogP contribution < -0.4 is 5.56 Å². The number of esters is 1. The topological polar surface area (TPSA) is 74.3 Å². The van der Waals surface area contributed by atoms with Gasteiger partial charge in [0, 0.05) is 0 Å². The van der Waals surface area contributed by atoms with Gasteiger partial charge in [-0.25, -0.2) is 4.98 Å². The standard InChI is InChI=1S/C22H18N2O4S/c25-20(28-14-16-7-2-1-3-8-16)15-29-22-23-19-11-5-4-10-18(19)21(26)24(22)13-17-9-6-12-27-17/h1-12H,13-15H2. The average molecular weight is 406 g/mol. The number of fused-ring (bicyclic) bond motifs is 1. The number of carbonyl (C=O) groups excluding carboxylic acids is 1. The molecule has 4 rings (SSSR count). The quantitative estimate of drug-likeness (QED) is 0.263. The third kappa shape index (κ3) is 4.57. The van der Waals surface area contributed by atoms with Gasteiger partial charge in [-0.15, -0.1) is 0 Å². The SMILES string of the molecule is O=C(CSc1nc2ccccc2c(=O)n1Cc1ccco1)OCc1ccccc1. The Morgan fingerprint density at radius 1 is 1.03 bits per heavy atom. The van der Waals surface area contributed by atoms with Crippen molar-refractivity contribution in [3.63, 3.8) is 0 Å². The fourth-order valence-corrected chi connectivity index (χ4v) is 3.66. The zero-order chi connectivity index (χ0) is 20.1. The van der Waals surface area contributed by atoms with E-state index in [0.717, 1.165) is 5.56 Å². The van der Waals surface area contributed by atoms with E-state index < -0.39 is 0 Å². The molecule has 0 saturated heterocycles. The molecule has 0 aliphatic rings. The highest BCUT2D eigenvalue weighted by Crippen LogP contribution is 2.19. The Labute approximate surface area is 171 Å². The van der Waals surface area contributed by atoms with E-state index in [1.807, 2.05) is 36.4 Å². The first-order valence-corrected chi connectivity index (χ1v) is 10.0. The van der Waals surface area contributed by atoms with Crippen LogP contribution in [0.4, 0.5) is 0 Å². The molecule has 2 aromatic carbocycles. The number of rotatable bonds is 7. The Bertz CT molecular complexity index is 1170. The summed E-state index contributed by atoms with van der Waals surface area (Å²) in [6, 6.07) is 20.2. The molecule has 146 valence electrons. The van der Waals surface area contributed by atoms with Gasteiger partial charge in [0.05, 0.1) is 29.5 Å². The average Bonchev–Trinajstić information content (AvgIpc) is 3.27. The summed E-state index contributed by atoms with van der Waals surface area (Å²) in [4.78, 5) is 29.8. The summed E-state index contributed by atoms with van der Waals surface area (Å²) < 4.78 is 12.2. The number of aromatic nitrogens is 2. The van der Waals surface area contributed by atoms with Gasteiger partial charge in [-0.3, -0.25) is 14.2 Å². The first-order valence-electron chi connectivity index (χ1n) is 9.05. The zero-order valence-electron chi connectivity index (χ0n) is 15.5. The highest BCUT2D eigenvalue weighted by Gasteiger charge is 2.15. The molecule has 29 heavy (non-hydrogen) atoms. The van der Waals surface area contributed by atoms with Crippen LogP contribution in [0.1, 0.15) is 11.3 Å². The van der Waals surface area contributed by atoms with Crippen molar-refractivity contribution in [2.45, 2.75) is 18.3 Å². The van der Waals surface area contributed by atoms with E-state index in [9.17, 15) is 9.59 Å². The second kappa shape index (κ2) is 8.79. The van der Waals surface area contributed by atoms with Crippen LogP contribution in [0.2, 0.25) is 0 Å². The van der Waals surface area contributed by atoms with Crippen LogP contribution in [-0.4, -0.2) is 21.3 Å². The number of furan rings is 1. The van der Waals surface area contributed by atoms with Crippen molar-refractivity contribution in [3.05, 3.63) is 94.7 Å². The highest BCUT2D eigenvalue weighted by molar-refractivity contribution is 7.99. The molecule has 0 radical (unpaired) electrons. The third-order valence-corrected chi connectivity index (χ3v) is 5.23. The number of thioether (sulfide) groups is 1. The summed E-state index contributed by atoms with van der Waals surface area (Å²) in [5, 5.41) is 0.969. The first kappa shape index (κ1) is 19.0. The lowest BCUT2D eigenvalue weighted by atomic mass is 10.2. The van der Waals surface area contributed by atoms with Crippen LogP contribution in [0.15, 0.2) is 87.4 Å². The Morgan fingerprint density at radius 3 is 2.62 bits per heavy atom. The number of hydrogen-bond acceptors (Lipinski definition) is 6. The maximum absolute atomic E-state index is 13.0. The smallest absolute Gasteiger partial charge is 0.316 e. The van der Waals surface area contributed by atoms with Crippen molar-refractivity contribution in [2.24, 2.45) is 0 Å². The van der Waals surface area contributed by atoms with Crippen molar-refractivity contribution in [2.75, 3.05) is 5.75 Å². The molecule has 0 spiro atoms. The van der Waals surface area contributed by atoms with E-state index in [-0.39, 0.29) is 30.4 Å². The molecule has 0 amide bonds. The molecule has 0 saturated carbocycles. The number of carbonyl (C=O) groups is 1. The molecule has 0 aliphatic heterocycles. The van der Waals surface area contributed by atoms with Crippen LogP contribution in [0.3, 0.4) is 0 Å². The van der Waals surface area contributed by atoms with Crippen molar-refractivity contribution < 1.29 is 13.9 Å². The number of nitrogens with zero attached hydrogens (tertiary/aromatic N) is 2. The highest BCUT2D eigenvalue weighted by atomic mass is 32.2. The maximum atomic E-state index is 13.0. The van der Waals surface area contributed by atoms with E-state index in [1.165, 1.54) is 16.3 Å². The summed E-state index contributed by atoms with van der Waals surface area (Å²) in [7, 11) is 0. The van der Waals surface area contributed by atoms with Gasteiger partial charge in [-0.05, 0) is 29.8 Å². The fourth-order valence-electron chi connectivity index (χ4n) is 2.86. The summed E-state index contributed by atoms with van der Waals surface area (Å²) in [6.07, 6.45) is 1.56. The third-order valence-electron chi connectivity index (χ3n) is 4.28. The fraction of sp³-hybridized carbons (Fsp3) is 0.136. The second-order valence-corrected chi connectivity index (χ2v) is 7.26. The van der Waals surface area contributed by atoms with Crippen molar-refractivity contribution in [1.82, 2.24) is 9.55 Å². The van der Waals surface area contributed by atoms with Crippen LogP contribution in [-0.2, 0) is 22.7 Å². The molecular weight excluding hydrogens is 388 g/mol. The molecular formula is C22H18N2O4S. The van der Waals surface area contributed by atoms with Gasteiger partial charge in [0.25, 0.3) is 5.56 Å². The van der Waals surface area contributed by atoms with Crippen molar-refractivity contribution >= 4 is 28.6 Å². The van der Waals surface area contributed by atoms with Gasteiger partial charge in [-0.1, -0.05) is 54.2 Å². The molecule has 0 fully saturated rings. The summed E-state index contributed by atoms with van der Waals surface area (Å²) in [5.41, 5.74) is 1.34. The minimum Gasteiger partial charge on any atom is -0.467 e. The summed E-state index contributed by atoms with van der Waals surface area (Å²) in [6.45, 7) is 0.454. The van der Waals surface area contributed by atoms with Crippen LogP contribution in [0, 0.1) is 0 Å². The first-order chi connectivity index (χ1) is 14.2. The van der Waals surface area contributed by atoms with E-state index in [4.69, 9.17) is 9.15 Å². The summed E-state index contributed by atoms with van der Waals surface area (Å²) >= 11 is 1.18. The second-order valence-electron chi connectivity index (χ2n) is 6.32. The predicted molar refractivity (Wildman–Crippen MR) is 111 cm³/mol. The molecule has 7 heteroatoms. The van der Waals surface area contributed by atoms with E-state index in [2.05, 4.69) is 4.98 Å². The van der Waals surface area contributed by atoms with Crippen LogP contribution in [0.25, 0.3) is 10.9 Å². The Hall–Kier alpha value is -3.32. The lowest BCUT2D eigenvalue weighted by molar-refractivity contribution is -0.141. The van der Waals surface area contributed by atoms with Gasteiger partial charge < -0.3 is 9.15 Å². The Kier molecular flexibility index (Phi) is 5.76.